The molecule has 0 aliphatic carbocycles. The van der Waals surface area contributed by atoms with Crippen molar-refractivity contribution in [3.63, 3.8) is 0 Å². The first-order valence-electron chi connectivity index (χ1n) is 10.5. The zero-order valence-corrected chi connectivity index (χ0v) is 19.6. The molecule has 6 nitrogen and oxygen atoms in total. The average Bonchev–Trinajstić information content (AvgIpc) is 3.23. The molecule has 4 rings (SSSR count). The number of benzene rings is 2. The summed E-state index contributed by atoms with van der Waals surface area (Å²) in [7, 11) is -2.27. The van der Waals surface area contributed by atoms with Gasteiger partial charge in [-0.25, -0.2) is 8.42 Å². The Kier molecular flexibility index (Phi) is 6.53. The fourth-order valence-corrected chi connectivity index (χ4v) is 6.62. The first-order valence-corrected chi connectivity index (χ1v) is 12.8. The van der Waals surface area contributed by atoms with Crippen LogP contribution in [0.4, 0.5) is 5.69 Å². The van der Waals surface area contributed by atoms with E-state index in [1.165, 1.54) is 30.6 Å². The maximum absolute atomic E-state index is 13.3. The molecule has 2 heterocycles. The van der Waals surface area contributed by atoms with E-state index in [4.69, 9.17) is 9.47 Å². The molecular weight excluding hydrogens is 446 g/mol. The third-order valence-corrected chi connectivity index (χ3v) is 8.48. The van der Waals surface area contributed by atoms with Gasteiger partial charge in [0.15, 0.2) is 0 Å². The Morgan fingerprint density at radius 1 is 1.12 bits per heavy atom. The number of unbranched alkanes of at least 4 members (excludes halogenated alkanes) is 1. The number of hydrogen-bond donors (Lipinski definition) is 1. The second-order valence-corrected chi connectivity index (χ2v) is 10.4. The van der Waals surface area contributed by atoms with Crippen molar-refractivity contribution < 1.29 is 22.7 Å². The third kappa shape index (κ3) is 4.38. The lowest BCUT2D eigenvalue weighted by molar-refractivity contribution is -0.116. The van der Waals surface area contributed by atoms with E-state index >= 15 is 0 Å². The Morgan fingerprint density at radius 2 is 1.91 bits per heavy atom. The lowest BCUT2D eigenvalue weighted by Crippen LogP contribution is -2.23. The number of rotatable bonds is 8. The minimum absolute atomic E-state index is 0.121. The van der Waals surface area contributed by atoms with Crippen LogP contribution in [0.25, 0.3) is 0 Å². The van der Waals surface area contributed by atoms with E-state index < -0.39 is 9.84 Å². The Bertz CT molecular complexity index is 1220. The van der Waals surface area contributed by atoms with Crippen LogP contribution >= 0.6 is 11.3 Å². The minimum atomic E-state index is -3.80. The number of thiophene rings is 1. The molecule has 1 aliphatic rings. The van der Waals surface area contributed by atoms with Gasteiger partial charge in [0.2, 0.25) is 15.7 Å². The molecule has 168 valence electrons. The summed E-state index contributed by atoms with van der Waals surface area (Å²) >= 11 is 1.35. The Labute approximate surface area is 192 Å². The van der Waals surface area contributed by atoms with E-state index in [-0.39, 0.29) is 28.0 Å². The number of anilines is 1. The Balaban J connectivity index is 1.69. The maximum atomic E-state index is 13.3. The summed E-state index contributed by atoms with van der Waals surface area (Å²) in [4.78, 5) is 13.7. The van der Waals surface area contributed by atoms with Crippen molar-refractivity contribution >= 4 is 32.8 Å². The highest BCUT2D eigenvalue weighted by Crippen LogP contribution is 2.46. The molecule has 2 aromatic carbocycles. The van der Waals surface area contributed by atoms with Gasteiger partial charge in [0.05, 0.1) is 24.3 Å². The predicted octanol–water partition coefficient (Wildman–Crippen LogP) is 5.24. The number of carbonyl (C=O) groups excluding carboxylic acids is 1. The second kappa shape index (κ2) is 9.34. The average molecular weight is 472 g/mol. The molecule has 0 saturated heterocycles. The molecule has 1 unspecified atom stereocenters. The molecule has 1 N–H and O–H groups in total. The molecule has 0 saturated carbocycles. The van der Waals surface area contributed by atoms with Gasteiger partial charge in [-0.2, -0.15) is 0 Å². The van der Waals surface area contributed by atoms with Gasteiger partial charge in [-0.3, -0.25) is 4.79 Å². The van der Waals surface area contributed by atoms with Crippen molar-refractivity contribution in [1.82, 2.24) is 0 Å². The van der Waals surface area contributed by atoms with E-state index in [1.807, 2.05) is 24.3 Å². The van der Waals surface area contributed by atoms with Crippen molar-refractivity contribution in [3.8, 4) is 11.5 Å². The highest BCUT2D eigenvalue weighted by molar-refractivity contribution is 7.91. The van der Waals surface area contributed by atoms with Crippen molar-refractivity contribution in [2.24, 2.45) is 0 Å². The van der Waals surface area contributed by atoms with Gasteiger partial charge in [0.25, 0.3) is 0 Å². The van der Waals surface area contributed by atoms with Crippen molar-refractivity contribution in [3.05, 3.63) is 64.4 Å². The van der Waals surface area contributed by atoms with Crippen LogP contribution in [0.2, 0.25) is 0 Å². The van der Waals surface area contributed by atoms with Crippen LogP contribution in [0.5, 0.6) is 11.5 Å². The molecule has 0 radical (unpaired) electrons. The monoisotopic (exact) mass is 471 g/mol. The quantitative estimate of drug-likeness (QED) is 0.454. The van der Waals surface area contributed by atoms with Gasteiger partial charge in [0.1, 0.15) is 16.4 Å². The lowest BCUT2D eigenvalue weighted by Gasteiger charge is -2.24. The number of carbonyl (C=O) groups is 1. The standard InChI is InChI=1S/C24H25NO5S2/c1-3-4-12-30-18-7-5-6-16(13-18)20-14-22(26)25-23-21(15-31-24(20)23)32(27,28)19-10-8-17(29-2)9-11-19/h5-11,13,15,20H,3-4,12,14H2,1-2H3,(H,25,26). The van der Waals surface area contributed by atoms with Crippen molar-refractivity contribution in [2.75, 3.05) is 19.0 Å². The number of fused-ring (bicyclic) bond motifs is 1. The summed E-state index contributed by atoms with van der Waals surface area (Å²) in [6, 6.07) is 13.9. The number of hydrogen-bond acceptors (Lipinski definition) is 6. The van der Waals surface area contributed by atoms with Gasteiger partial charge in [0, 0.05) is 22.6 Å². The maximum Gasteiger partial charge on any atom is 0.225 e. The number of amides is 1. The van der Waals surface area contributed by atoms with E-state index in [0.29, 0.717) is 18.0 Å². The van der Waals surface area contributed by atoms with E-state index in [9.17, 15) is 13.2 Å². The van der Waals surface area contributed by atoms with Gasteiger partial charge in [-0.15, -0.1) is 11.3 Å². The van der Waals surface area contributed by atoms with Crippen LogP contribution in [0.3, 0.4) is 0 Å². The number of sulfone groups is 1. The van der Waals surface area contributed by atoms with Crippen LogP contribution in [0.15, 0.2) is 63.7 Å². The topological polar surface area (TPSA) is 81.7 Å². The summed E-state index contributed by atoms with van der Waals surface area (Å²) < 4.78 is 37.6. The van der Waals surface area contributed by atoms with E-state index in [2.05, 4.69) is 12.2 Å². The molecular formula is C24H25NO5S2. The molecule has 3 aromatic rings. The smallest absolute Gasteiger partial charge is 0.225 e. The van der Waals surface area contributed by atoms with Crippen LogP contribution in [0, 0.1) is 0 Å². The zero-order chi connectivity index (χ0) is 22.7. The van der Waals surface area contributed by atoms with Gasteiger partial charge < -0.3 is 14.8 Å². The molecule has 32 heavy (non-hydrogen) atoms. The Morgan fingerprint density at radius 3 is 2.62 bits per heavy atom. The molecule has 1 atom stereocenters. The third-order valence-electron chi connectivity index (χ3n) is 5.44. The lowest BCUT2D eigenvalue weighted by atomic mass is 9.90. The van der Waals surface area contributed by atoms with Crippen LogP contribution < -0.4 is 14.8 Å². The predicted molar refractivity (Wildman–Crippen MR) is 125 cm³/mol. The molecule has 8 heteroatoms. The minimum Gasteiger partial charge on any atom is -0.497 e. The highest BCUT2D eigenvalue weighted by atomic mass is 32.2. The molecule has 0 spiro atoms. The fraction of sp³-hybridized carbons (Fsp3) is 0.292. The van der Waals surface area contributed by atoms with Crippen LogP contribution in [-0.2, 0) is 14.6 Å². The first-order chi connectivity index (χ1) is 15.4. The summed E-state index contributed by atoms with van der Waals surface area (Å²) in [5.41, 5.74) is 1.31. The summed E-state index contributed by atoms with van der Waals surface area (Å²) in [5.74, 6) is 0.902. The molecule has 1 amide bonds. The normalized spacial score (nSPS) is 15.7. The van der Waals surface area contributed by atoms with Gasteiger partial charge >= 0.3 is 0 Å². The summed E-state index contributed by atoms with van der Waals surface area (Å²) in [5, 5.41) is 4.42. The van der Waals surface area contributed by atoms with Gasteiger partial charge in [-0.1, -0.05) is 25.5 Å². The number of methoxy groups -OCH3 is 1. The molecule has 0 bridgehead atoms. The number of nitrogens with one attached hydrogen (secondary N) is 1. The Hall–Kier alpha value is -2.84. The fourth-order valence-electron chi connectivity index (χ4n) is 3.71. The van der Waals surface area contributed by atoms with Crippen molar-refractivity contribution in [1.29, 1.82) is 0 Å². The van der Waals surface area contributed by atoms with Crippen LogP contribution in [0.1, 0.15) is 42.5 Å². The molecule has 0 fully saturated rings. The largest absolute Gasteiger partial charge is 0.497 e. The van der Waals surface area contributed by atoms with E-state index in [0.717, 1.165) is 29.0 Å². The summed E-state index contributed by atoms with van der Waals surface area (Å²) in [6.07, 6.45) is 2.28. The zero-order valence-electron chi connectivity index (χ0n) is 18.0. The van der Waals surface area contributed by atoms with E-state index in [1.54, 1.807) is 17.5 Å². The SMILES string of the molecule is CCCCOc1cccc(C2CC(=O)Nc3c(S(=O)(=O)c4ccc(OC)cc4)csc32)c1. The first kappa shape index (κ1) is 22.4. The summed E-state index contributed by atoms with van der Waals surface area (Å²) in [6.45, 7) is 2.75. The second-order valence-electron chi connectivity index (χ2n) is 7.60. The number of ether oxygens (including phenoxy) is 2. The van der Waals surface area contributed by atoms with Crippen LogP contribution in [-0.4, -0.2) is 28.0 Å². The molecule has 1 aromatic heterocycles. The van der Waals surface area contributed by atoms with Gasteiger partial charge in [-0.05, 0) is 48.4 Å². The van der Waals surface area contributed by atoms with Crippen molar-refractivity contribution in [2.45, 2.75) is 41.9 Å². The highest BCUT2D eigenvalue weighted by Gasteiger charge is 2.34. The molecule has 1 aliphatic heterocycles.